The third-order valence-corrected chi connectivity index (χ3v) is 2.10. The van der Waals surface area contributed by atoms with E-state index in [0.717, 1.165) is 11.4 Å². The molecule has 16 heavy (non-hydrogen) atoms. The molecule has 0 amide bonds. The van der Waals surface area contributed by atoms with E-state index in [-0.39, 0.29) is 5.69 Å². The number of rotatable bonds is 2. The fraction of sp³-hybridized carbons (Fsp3) is 0.200. The summed E-state index contributed by atoms with van der Waals surface area (Å²) in [6.07, 6.45) is 1.22. The monoisotopic (exact) mass is 218 g/mol. The molecule has 0 saturated carbocycles. The van der Waals surface area contributed by atoms with Crippen LogP contribution in [0.3, 0.4) is 0 Å². The molecule has 6 nitrogen and oxygen atoms in total. The number of aryl methyl sites for hydroxylation is 2. The summed E-state index contributed by atoms with van der Waals surface area (Å²) in [5.41, 5.74) is 1.71. The Bertz CT molecular complexity index is 548. The highest BCUT2D eigenvalue weighted by molar-refractivity contribution is 5.85. The molecule has 0 radical (unpaired) electrons. The summed E-state index contributed by atoms with van der Waals surface area (Å²) in [5, 5.41) is 13.0. The molecular formula is C10H10N4O2. The Labute approximate surface area is 91.6 Å². The van der Waals surface area contributed by atoms with Crippen LogP contribution in [0.2, 0.25) is 0 Å². The molecule has 2 rings (SSSR count). The van der Waals surface area contributed by atoms with Gasteiger partial charge in [0.05, 0.1) is 5.69 Å². The van der Waals surface area contributed by atoms with Crippen molar-refractivity contribution >= 4 is 5.97 Å². The quantitative estimate of drug-likeness (QED) is 0.812. The number of aromatic carboxylic acids is 1. The zero-order valence-corrected chi connectivity index (χ0v) is 8.88. The van der Waals surface area contributed by atoms with E-state index in [9.17, 15) is 4.79 Å². The van der Waals surface area contributed by atoms with Gasteiger partial charge in [-0.3, -0.25) is 0 Å². The van der Waals surface area contributed by atoms with E-state index in [1.165, 1.54) is 12.4 Å². The lowest BCUT2D eigenvalue weighted by Crippen LogP contribution is -2.07. The predicted octanol–water partition coefficient (Wildman–Crippen LogP) is 0.977. The fourth-order valence-electron chi connectivity index (χ4n) is 1.44. The standard InChI is InChI=1S/C10H10N4O2/c1-6-3-7(2)14(13-6)9-4-8(10(15)16)11-5-12-9/h3-5H,1-2H3,(H,15,16). The molecule has 0 aliphatic carbocycles. The lowest BCUT2D eigenvalue weighted by atomic mass is 10.4. The Morgan fingerprint density at radius 1 is 1.31 bits per heavy atom. The molecule has 0 bridgehead atoms. The number of carboxylic acid groups (broad SMARTS) is 1. The maximum atomic E-state index is 10.8. The first-order valence-electron chi connectivity index (χ1n) is 4.67. The van der Waals surface area contributed by atoms with Crippen molar-refractivity contribution in [1.29, 1.82) is 0 Å². The molecule has 2 aromatic heterocycles. The smallest absolute Gasteiger partial charge is 0.354 e. The largest absolute Gasteiger partial charge is 0.477 e. The van der Waals surface area contributed by atoms with Crippen molar-refractivity contribution in [3.8, 4) is 5.82 Å². The number of carbonyl (C=O) groups is 1. The maximum Gasteiger partial charge on any atom is 0.354 e. The zero-order chi connectivity index (χ0) is 11.7. The molecule has 2 heterocycles. The van der Waals surface area contributed by atoms with Crippen LogP contribution in [0.15, 0.2) is 18.5 Å². The van der Waals surface area contributed by atoms with E-state index in [0.29, 0.717) is 5.82 Å². The number of nitrogens with zero attached hydrogens (tertiary/aromatic N) is 4. The molecule has 0 saturated heterocycles. The van der Waals surface area contributed by atoms with Crippen molar-refractivity contribution in [3.63, 3.8) is 0 Å². The molecule has 2 aromatic rings. The van der Waals surface area contributed by atoms with Crippen LogP contribution in [0, 0.1) is 13.8 Å². The normalized spacial score (nSPS) is 10.4. The molecule has 0 aliphatic heterocycles. The molecular weight excluding hydrogens is 208 g/mol. The van der Waals surface area contributed by atoms with Crippen LogP contribution in [0.1, 0.15) is 21.9 Å². The van der Waals surface area contributed by atoms with Gasteiger partial charge >= 0.3 is 5.97 Å². The zero-order valence-electron chi connectivity index (χ0n) is 8.88. The lowest BCUT2D eigenvalue weighted by molar-refractivity contribution is 0.0690. The van der Waals surface area contributed by atoms with E-state index < -0.39 is 5.97 Å². The molecule has 0 fully saturated rings. The minimum atomic E-state index is -1.08. The van der Waals surface area contributed by atoms with E-state index in [4.69, 9.17) is 5.11 Å². The molecule has 82 valence electrons. The van der Waals surface area contributed by atoms with Gasteiger partial charge in [-0.05, 0) is 19.9 Å². The Morgan fingerprint density at radius 3 is 2.62 bits per heavy atom. The van der Waals surface area contributed by atoms with E-state index in [2.05, 4.69) is 15.1 Å². The average molecular weight is 218 g/mol. The van der Waals surface area contributed by atoms with Gasteiger partial charge in [-0.25, -0.2) is 19.4 Å². The second-order valence-electron chi connectivity index (χ2n) is 3.41. The van der Waals surface area contributed by atoms with Gasteiger partial charge in [0.25, 0.3) is 0 Å². The molecule has 0 aliphatic rings. The van der Waals surface area contributed by atoms with Crippen LogP contribution in [0.4, 0.5) is 0 Å². The lowest BCUT2D eigenvalue weighted by Gasteiger charge is -2.02. The summed E-state index contributed by atoms with van der Waals surface area (Å²) in [6, 6.07) is 3.28. The topological polar surface area (TPSA) is 80.9 Å². The van der Waals surface area contributed by atoms with Gasteiger partial charge in [-0.1, -0.05) is 0 Å². The number of hydrogen-bond acceptors (Lipinski definition) is 4. The Morgan fingerprint density at radius 2 is 2.06 bits per heavy atom. The minimum Gasteiger partial charge on any atom is -0.477 e. The van der Waals surface area contributed by atoms with Gasteiger partial charge in [-0.2, -0.15) is 5.10 Å². The first kappa shape index (κ1) is 10.3. The first-order valence-corrected chi connectivity index (χ1v) is 4.67. The van der Waals surface area contributed by atoms with Gasteiger partial charge in [0, 0.05) is 11.8 Å². The highest BCUT2D eigenvalue weighted by atomic mass is 16.4. The van der Waals surface area contributed by atoms with Crippen molar-refractivity contribution in [2.24, 2.45) is 0 Å². The third-order valence-electron chi connectivity index (χ3n) is 2.10. The van der Waals surface area contributed by atoms with Crippen LogP contribution in [0.25, 0.3) is 5.82 Å². The van der Waals surface area contributed by atoms with Crippen molar-refractivity contribution in [2.45, 2.75) is 13.8 Å². The van der Waals surface area contributed by atoms with Crippen LogP contribution in [0.5, 0.6) is 0 Å². The molecule has 6 heteroatoms. The third kappa shape index (κ3) is 1.77. The Hall–Kier alpha value is -2.24. The molecule has 1 N–H and O–H groups in total. The molecule has 0 unspecified atom stereocenters. The molecule has 0 aromatic carbocycles. The van der Waals surface area contributed by atoms with Gasteiger partial charge in [0.1, 0.15) is 6.33 Å². The van der Waals surface area contributed by atoms with Crippen molar-refractivity contribution in [1.82, 2.24) is 19.7 Å². The van der Waals surface area contributed by atoms with Crippen molar-refractivity contribution in [3.05, 3.63) is 35.5 Å². The second-order valence-corrected chi connectivity index (χ2v) is 3.41. The summed E-state index contributed by atoms with van der Waals surface area (Å²) in [7, 11) is 0. The van der Waals surface area contributed by atoms with Gasteiger partial charge in [-0.15, -0.1) is 0 Å². The summed E-state index contributed by atoms with van der Waals surface area (Å²) < 4.78 is 1.59. The predicted molar refractivity (Wildman–Crippen MR) is 55.6 cm³/mol. The van der Waals surface area contributed by atoms with Gasteiger partial charge in [0.2, 0.25) is 0 Å². The Kier molecular flexibility index (Phi) is 2.40. The van der Waals surface area contributed by atoms with Crippen molar-refractivity contribution in [2.75, 3.05) is 0 Å². The number of aromatic nitrogens is 4. The summed E-state index contributed by atoms with van der Waals surface area (Å²) in [4.78, 5) is 18.4. The number of carboxylic acids is 1. The minimum absolute atomic E-state index is 0.0439. The van der Waals surface area contributed by atoms with Crippen LogP contribution in [-0.2, 0) is 0 Å². The summed E-state index contributed by atoms with van der Waals surface area (Å²) in [6.45, 7) is 3.74. The fourth-order valence-corrected chi connectivity index (χ4v) is 1.44. The van der Waals surface area contributed by atoms with Crippen LogP contribution < -0.4 is 0 Å². The summed E-state index contributed by atoms with van der Waals surface area (Å²) in [5.74, 6) is -0.622. The maximum absolute atomic E-state index is 10.8. The van der Waals surface area contributed by atoms with E-state index in [1.54, 1.807) is 4.68 Å². The Balaban J connectivity index is 2.52. The van der Waals surface area contributed by atoms with Crippen LogP contribution in [-0.4, -0.2) is 30.8 Å². The SMILES string of the molecule is Cc1cc(C)n(-c2cc(C(=O)O)ncn2)n1. The van der Waals surface area contributed by atoms with Crippen molar-refractivity contribution < 1.29 is 9.90 Å². The molecule has 0 atom stereocenters. The van der Waals surface area contributed by atoms with Gasteiger partial charge in [0.15, 0.2) is 11.5 Å². The highest BCUT2D eigenvalue weighted by Crippen LogP contribution is 2.09. The van der Waals surface area contributed by atoms with Gasteiger partial charge < -0.3 is 5.11 Å². The highest BCUT2D eigenvalue weighted by Gasteiger charge is 2.09. The van der Waals surface area contributed by atoms with E-state index in [1.807, 2.05) is 19.9 Å². The summed E-state index contributed by atoms with van der Waals surface area (Å²) >= 11 is 0. The average Bonchev–Trinajstić information content (AvgIpc) is 2.58. The molecule has 0 spiro atoms. The second kappa shape index (κ2) is 3.73. The first-order chi connectivity index (χ1) is 7.58. The van der Waals surface area contributed by atoms with Crippen LogP contribution >= 0.6 is 0 Å². The number of hydrogen-bond donors (Lipinski definition) is 1. The van der Waals surface area contributed by atoms with E-state index >= 15 is 0 Å².